The van der Waals surface area contributed by atoms with Gasteiger partial charge in [-0.2, -0.15) is 9.78 Å². The first-order valence-corrected chi connectivity index (χ1v) is 12.0. The van der Waals surface area contributed by atoms with Crippen molar-refractivity contribution in [3.8, 4) is 5.75 Å². The van der Waals surface area contributed by atoms with Gasteiger partial charge in [0.1, 0.15) is 5.82 Å². The molecule has 1 aromatic heterocycles. The number of aromatic nitrogens is 2. The number of nitro groups is 1. The van der Waals surface area contributed by atoms with Gasteiger partial charge in [0.05, 0.1) is 27.1 Å². The lowest BCUT2D eigenvalue weighted by Gasteiger charge is -2.10. The first-order valence-electron chi connectivity index (χ1n) is 10.8. The minimum Gasteiger partial charge on any atom is -0.476 e. The number of fused-ring (bicyclic) bond motifs is 1. The number of carbonyl (C=O) groups is 1. The van der Waals surface area contributed by atoms with Gasteiger partial charge in [-0.05, 0) is 50.2 Å². The molecular weight excluding hydrogens is 566 g/mol. The number of hydrogen-bond donors (Lipinski definition) is 1. The van der Waals surface area contributed by atoms with Crippen LogP contribution in [0.4, 0.5) is 11.4 Å². The summed E-state index contributed by atoms with van der Waals surface area (Å²) in [5.41, 5.74) is 1.50. The molecule has 3 aromatic carbocycles. The van der Waals surface area contributed by atoms with Gasteiger partial charge in [-0.3, -0.25) is 19.7 Å². The summed E-state index contributed by atoms with van der Waals surface area (Å²) in [5.74, 6) is -0.435. The van der Waals surface area contributed by atoms with E-state index in [2.05, 4.69) is 31.3 Å². The van der Waals surface area contributed by atoms with Crippen molar-refractivity contribution < 1.29 is 14.5 Å². The average molecular weight is 585 g/mol. The van der Waals surface area contributed by atoms with Crippen LogP contribution in [-0.4, -0.2) is 33.3 Å². The Labute approximate surface area is 223 Å². The molecule has 1 amide bonds. The number of anilines is 1. The maximum Gasteiger partial charge on any atom is 0.313 e. The van der Waals surface area contributed by atoms with Crippen LogP contribution in [0.3, 0.4) is 0 Å². The van der Waals surface area contributed by atoms with Crippen molar-refractivity contribution in [3.05, 3.63) is 102 Å². The number of ether oxygens (including phenoxy) is 1. The molecule has 188 valence electrons. The number of halogens is 2. The lowest BCUT2D eigenvalue weighted by Crippen LogP contribution is -2.21. The predicted molar refractivity (Wildman–Crippen MR) is 145 cm³/mol. The van der Waals surface area contributed by atoms with Gasteiger partial charge in [0.15, 0.2) is 6.61 Å². The smallest absolute Gasteiger partial charge is 0.313 e. The Morgan fingerprint density at radius 3 is 2.65 bits per heavy atom. The average Bonchev–Trinajstić information content (AvgIpc) is 2.85. The van der Waals surface area contributed by atoms with Crippen molar-refractivity contribution in [3.63, 3.8) is 0 Å². The van der Waals surface area contributed by atoms with Crippen molar-refractivity contribution in [2.75, 3.05) is 11.9 Å². The van der Waals surface area contributed by atoms with Crippen LogP contribution in [0.25, 0.3) is 10.9 Å². The third kappa shape index (κ3) is 6.01. The van der Waals surface area contributed by atoms with E-state index in [1.165, 1.54) is 18.3 Å². The minimum absolute atomic E-state index is 0.0941. The second-order valence-electron chi connectivity index (χ2n) is 7.99. The van der Waals surface area contributed by atoms with E-state index < -0.39 is 28.7 Å². The zero-order valence-electron chi connectivity index (χ0n) is 19.6. The molecule has 0 fully saturated rings. The van der Waals surface area contributed by atoms with Gasteiger partial charge in [0, 0.05) is 21.8 Å². The molecule has 0 saturated heterocycles. The van der Waals surface area contributed by atoms with Crippen LogP contribution in [-0.2, 0) is 4.79 Å². The van der Waals surface area contributed by atoms with Crippen LogP contribution in [0.15, 0.2) is 69.0 Å². The molecule has 0 saturated carbocycles. The molecule has 0 spiro atoms. The highest BCUT2D eigenvalue weighted by atomic mass is 79.9. The third-order valence-corrected chi connectivity index (χ3v) is 5.99. The third-order valence-electron chi connectivity index (χ3n) is 5.22. The Kier molecular flexibility index (Phi) is 7.65. The van der Waals surface area contributed by atoms with Gasteiger partial charge in [0.25, 0.3) is 11.5 Å². The Balaban J connectivity index is 1.58. The van der Waals surface area contributed by atoms with E-state index in [1.54, 1.807) is 37.3 Å². The van der Waals surface area contributed by atoms with Crippen molar-refractivity contribution >= 4 is 61.9 Å². The number of amides is 1. The first kappa shape index (κ1) is 26.0. The summed E-state index contributed by atoms with van der Waals surface area (Å²) in [5, 5.41) is 18.8. The molecule has 1 N–H and O–H groups in total. The molecule has 0 unspecified atom stereocenters. The van der Waals surface area contributed by atoms with Gasteiger partial charge < -0.3 is 10.1 Å². The Morgan fingerprint density at radius 2 is 1.95 bits per heavy atom. The molecule has 10 nitrogen and oxygen atoms in total. The van der Waals surface area contributed by atoms with Crippen LogP contribution in [0.5, 0.6) is 5.75 Å². The summed E-state index contributed by atoms with van der Waals surface area (Å²) >= 11 is 9.60. The maximum atomic E-state index is 12.9. The van der Waals surface area contributed by atoms with Gasteiger partial charge >= 0.3 is 5.69 Å². The Bertz CT molecular complexity index is 1620. The lowest BCUT2D eigenvalue weighted by molar-refractivity contribution is -0.385. The van der Waals surface area contributed by atoms with Crippen molar-refractivity contribution in [2.24, 2.45) is 5.10 Å². The van der Waals surface area contributed by atoms with E-state index in [9.17, 15) is 19.7 Å². The molecule has 0 aliphatic rings. The van der Waals surface area contributed by atoms with Gasteiger partial charge in [-0.15, -0.1) is 0 Å². The monoisotopic (exact) mass is 583 g/mol. The maximum absolute atomic E-state index is 12.9. The highest BCUT2D eigenvalue weighted by Crippen LogP contribution is 2.36. The lowest BCUT2D eigenvalue weighted by atomic mass is 10.2. The second kappa shape index (κ2) is 10.9. The quantitative estimate of drug-likeness (QED) is 0.180. The molecular formula is C25H19BrClN5O5. The van der Waals surface area contributed by atoms with E-state index in [0.717, 1.165) is 10.2 Å². The van der Waals surface area contributed by atoms with Crippen LogP contribution >= 0.6 is 27.5 Å². The minimum atomic E-state index is -0.678. The summed E-state index contributed by atoms with van der Waals surface area (Å²) in [6.07, 6.45) is 1.26. The Hall–Kier alpha value is -4.09. The SMILES string of the molecule is Cc1ccc(NC(=O)COc2c(Cl)cc(C=Nn3c(C)nc4ccc(Br)cc4c3=O)cc2[N+](=O)[O-])cc1. The fourth-order valence-corrected chi connectivity index (χ4v) is 4.08. The van der Waals surface area contributed by atoms with E-state index in [4.69, 9.17) is 16.3 Å². The zero-order valence-corrected chi connectivity index (χ0v) is 21.9. The summed E-state index contributed by atoms with van der Waals surface area (Å²) < 4.78 is 7.21. The van der Waals surface area contributed by atoms with Crippen molar-refractivity contribution in [1.29, 1.82) is 0 Å². The van der Waals surface area contributed by atoms with Gasteiger partial charge in [0.2, 0.25) is 5.75 Å². The summed E-state index contributed by atoms with van der Waals surface area (Å²) in [6.45, 7) is 3.05. The van der Waals surface area contributed by atoms with Crippen LogP contribution in [0.1, 0.15) is 17.0 Å². The van der Waals surface area contributed by atoms with E-state index >= 15 is 0 Å². The number of nitrogens with zero attached hydrogens (tertiary/aromatic N) is 4. The van der Waals surface area contributed by atoms with Gasteiger partial charge in [-0.1, -0.05) is 45.2 Å². The molecule has 0 aliphatic heterocycles. The molecule has 0 radical (unpaired) electrons. The first-order chi connectivity index (χ1) is 17.6. The summed E-state index contributed by atoms with van der Waals surface area (Å²) in [6, 6.07) is 14.8. The number of carbonyl (C=O) groups excluding carboxylic acids is 1. The molecule has 1 heterocycles. The topological polar surface area (TPSA) is 129 Å². The highest BCUT2D eigenvalue weighted by Gasteiger charge is 2.21. The summed E-state index contributed by atoms with van der Waals surface area (Å²) in [7, 11) is 0. The molecule has 0 atom stereocenters. The number of nitrogens with one attached hydrogen (secondary N) is 1. The molecule has 4 rings (SSSR count). The molecule has 0 bridgehead atoms. The fourth-order valence-electron chi connectivity index (χ4n) is 3.44. The van der Waals surface area contributed by atoms with Crippen LogP contribution in [0, 0.1) is 24.0 Å². The van der Waals surface area contributed by atoms with E-state index in [-0.39, 0.29) is 16.3 Å². The van der Waals surface area contributed by atoms with Gasteiger partial charge in [-0.25, -0.2) is 4.98 Å². The highest BCUT2D eigenvalue weighted by molar-refractivity contribution is 9.10. The van der Waals surface area contributed by atoms with Crippen LogP contribution in [0.2, 0.25) is 5.02 Å². The Morgan fingerprint density at radius 1 is 1.22 bits per heavy atom. The standard InChI is InChI=1S/C25H19BrClN5O5/c1-14-3-6-18(7-4-14)30-23(33)13-37-24-20(27)9-16(10-22(24)32(35)36)12-28-31-15(2)29-21-8-5-17(26)11-19(21)25(31)34/h3-12H,13H2,1-2H3,(H,30,33). The second-order valence-corrected chi connectivity index (χ2v) is 9.32. The molecule has 0 aliphatic carbocycles. The fraction of sp³-hybridized carbons (Fsp3) is 0.120. The molecule has 4 aromatic rings. The zero-order chi connectivity index (χ0) is 26.7. The predicted octanol–water partition coefficient (Wildman–Crippen LogP) is 5.24. The summed E-state index contributed by atoms with van der Waals surface area (Å²) in [4.78, 5) is 40.6. The van der Waals surface area contributed by atoms with E-state index in [1.807, 2.05) is 19.1 Å². The van der Waals surface area contributed by atoms with Crippen molar-refractivity contribution in [2.45, 2.75) is 13.8 Å². The van der Waals surface area contributed by atoms with Crippen molar-refractivity contribution in [1.82, 2.24) is 9.66 Å². The molecule has 37 heavy (non-hydrogen) atoms. The number of aryl methyl sites for hydroxylation is 2. The largest absolute Gasteiger partial charge is 0.476 e. The number of benzene rings is 3. The normalized spacial score (nSPS) is 11.1. The number of rotatable bonds is 7. The van der Waals surface area contributed by atoms with E-state index in [0.29, 0.717) is 26.9 Å². The molecule has 12 heteroatoms. The number of hydrogen-bond acceptors (Lipinski definition) is 7. The number of nitro benzene ring substituents is 1. The van der Waals surface area contributed by atoms with Crippen LogP contribution < -0.4 is 15.6 Å².